The average Bonchev–Trinajstić information content (AvgIpc) is 3.34. The molecular formula is C63H65O7P. The molecule has 0 aliphatic rings. The Morgan fingerprint density at radius 1 is 0.479 bits per heavy atom. The van der Waals surface area contributed by atoms with Crippen LogP contribution in [0.4, 0.5) is 0 Å². The Hall–Kier alpha value is -7.21. The van der Waals surface area contributed by atoms with Crippen LogP contribution in [0.5, 0.6) is 46.0 Å². The molecule has 0 unspecified atom stereocenters. The highest BCUT2D eigenvalue weighted by Crippen LogP contribution is 2.47. The van der Waals surface area contributed by atoms with Gasteiger partial charge in [-0.15, -0.1) is 0 Å². The van der Waals surface area contributed by atoms with Gasteiger partial charge in [-0.05, 0) is 216 Å². The van der Waals surface area contributed by atoms with Crippen molar-refractivity contribution < 1.29 is 33.7 Å². The zero-order valence-electron chi connectivity index (χ0n) is 43.1. The van der Waals surface area contributed by atoms with E-state index in [4.69, 9.17) is 18.9 Å². The summed E-state index contributed by atoms with van der Waals surface area (Å²) in [6.45, 7) is 25.1. The Morgan fingerprint density at radius 2 is 0.915 bits per heavy atom. The van der Waals surface area contributed by atoms with Crippen molar-refractivity contribution in [3.05, 3.63) is 206 Å². The van der Waals surface area contributed by atoms with Crippen molar-refractivity contribution in [1.29, 1.82) is 0 Å². The first-order valence-corrected chi connectivity index (χ1v) is 25.9. The van der Waals surface area contributed by atoms with E-state index < -0.39 is 12.7 Å². The van der Waals surface area contributed by atoms with Crippen molar-refractivity contribution in [2.45, 2.75) is 102 Å². The molecule has 0 radical (unpaired) electrons. The van der Waals surface area contributed by atoms with Crippen molar-refractivity contribution in [2.24, 2.45) is 0 Å². The van der Waals surface area contributed by atoms with Crippen LogP contribution in [0.2, 0.25) is 0 Å². The van der Waals surface area contributed by atoms with Gasteiger partial charge in [0.15, 0.2) is 7.14 Å². The fourth-order valence-corrected chi connectivity index (χ4v) is 12.4. The monoisotopic (exact) mass is 964 g/mol. The van der Waals surface area contributed by atoms with Gasteiger partial charge >= 0.3 is 0 Å². The normalized spacial score (nSPS) is 11.7. The quantitative estimate of drug-likeness (QED) is 0.0989. The maximum Gasteiger partial charge on any atom is 0.174 e. The Labute approximate surface area is 420 Å². The van der Waals surface area contributed by atoms with Gasteiger partial charge in [0.25, 0.3) is 0 Å². The Bertz CT molecular complexity index is 3230. The van der Waals surface area contributed by atoms with E-state index in [9.17, 15) is 10.2 Å². The fourth-order valence-electron chi connectivity index (χ4n) is 9.63. The molecule has 0 heterocycles. The van der Waals surface area contributed by atoms with Crippen LogP contribution in [0, 0.1) is 69.2 Å². The van der Waals surface area contributed by atoms with Crippen molar-refractivity contribution in [2.75, 3.05) is 0 Å². The first kappa shape index (κ1) is 50.2. The number of hydrogen-bond acceptors (Lipinski definition) is 7. The molecule has 0 fully saturated rings. The van der Waals surface area contributed by atoms with Gasteiger partial charge in [0.1, 0.15) is 58.2 Å². The number of hydrogen-bond donors (Lipinski definition) is 2. The molecule has 8 aromatic rings. The number of aromatic hydroxyl groups is 2. The SMILES string of the molecule is Cc1cc(Oc2c(C)cc(-c3cc(C)c(Oc4cc(C)c(OC(C)(C)Cc5ccc(COc6ccc(O)cc6P(=O)(c6ccccc6)c6ccccc6)cc5)c(C)c4)c(C)c3C)c(C)c2C)cc(C)c1O. The highest BCUT2D eigenvalue weighted by Gasteiger charge is 2.33. The molecule has 0 aliphatic carbocycles. The zero-order valence-corrected chi connectivity index (χ0v) is 44.0. The van der Waals surface area contributed by atoms with Gasteiger partial charge in [-0.2, -0.15) is 0 Å². The van der Waals surface area contributed by atoms with Gasteiger partial charge in [-0.25, -0.2) is 0 Å². The van der Waals surface area contributed by atoms with E-state index in [0.717, 1.165) is 95.3 Å². The average molecular weight is 965 g/mol. The molecule has 71 heavy (non-hydrogen) atoms. The van der Waals surface area contributed by atoms with Crippen molar-refractivity contribution >= 4 is 23.1 Å². The lowest BCUT2D eigenvalue weighted by molar-refractivity contribution is 0.108. The van der Waals surface area contributed by atoms with Crippen LogP contribution in [0.15, 0.2) is 140 Å². The number of rotatable bonds is 15. The number of ether oxygens (including phenoxy) is 4. The predicted molar refractivity (Wildman–Crippen MR) is 291 cm³/mol. The Morgan fingerprint density at radius 3 is 1.39 bits per heavy atom. The van der Waals surface area contributed by atoms with Gasteiger partial charge in [0.05, 0.1) is 5.30 Å². The van der Waals surface area contributed by atoms with Crippen LogP contribution in [-0.2, 0) is 17.6 Å². The van der Waals surface area contributed by atoms with E-state index in [1.54, 1.807) is 18.2 Å². The number of benzene rings is 8. The third-order valence-electron chi connectivity index (χ3n) is 13.6. The third kappa shape index (κ3) is 10.5. The van der Waals surface area contributed by atoms with Gasteiger partial charge in [-0.3, -0.25) is 0 Å². The minimum atomic E-state index is -3.40. The van der Waals surface area contributed by atoms with E-state index in [0.29, 0.717) is 39.6 Å². The molecule has 8 aromatic carbocycles. The molecule has 0 saturated carbocycles. The maximum absolute atomic E-state index is 15.2. The molecule has 2 N–H and O–H groups in total. The highest BCUT2D eigenvalue weighted by molar-refractivity contribution is 7.85. The first-order valence-electron chi connectivity index (χ1n) is 24.2. The molecule has 0 saturated heterocycles. The molecule has 0 atom stereocenters. The van der Waals surface area contributed by atoms with Gasteiger partial charge < -0.3 is 33.7 Å². The summed E-state index contributed by atoms with van der Waals surface area (Å²) in [5.41, 5.74) is 14.0. The lowest BCUT2D eigenvalue weighted by atomic mass is 9.88. The van der Waals surface area contributed by atoms with E-state index in [-0.39, 0.29) is 12.4 Å². The minimum Gasteiger partial charge on any atom is -0.508 e. The summed E-state index contributed by atoms with van der Waals surface area (Å²) < 4.78 is 41.6. The molecule has 0 amide bonds. The molecule has 8 heteroatoms. The van der Waals surface area contributed by atoms with Crippen molar-refractivity contribution in [3.8, 4) is 57.1 Å². The summed E-state index contributed by atoms with van der Waals surface area (Å²) in [6, 6.07) is 44.2. The van der Waals surface area contributed by atoms with Crippen LogP contribution in [0.25, 0.3) is 11.1 Å². The molecule has 0 aliphatic heterocycles. The molecule has 8 rings (SSSR count). The Balaban J connectivity index is 0.947. The zero-order chi connectivity index (χ0) is 50.9. The molecular weight excluding hydrogens is 900 g/mol. The fraction of sp³-hybridized carbons (Fsp3) is 0.238. The van der Waals surface area contributed by atoms with Gasteiger partial charge in [0, 0.05) is 17.0 Å². The minimum absolute atomic E-state index is 0.0234. The standard InChI is InChI=1S/C63H65O7P/c1-38-29-51(30-39(2)59(38)65)68-61-42(5)33-55(44(7)46(61)9)56-34-43(6)62(47(10)45(56)8)69-52-31-40(3)60(41(4)32-52)70-63(11,12)36-48-23-25-49(26-24-48)37-67-57-28-27-50(64)35-58(57)71(66,53-19-15-13-16-20-53)54-21-17-14-18-22-54/h13-35,64-65H,36-37H2,1-12H3. The van der Waals surface area contributed by atoms with Crippen LogP contribution in [-0.4, -0.2) is 15.8 Å². The second-order valence-electron chi connectivity index (χ2n) is 19.7. The lowest BCUT2D eigenvalue weighted by Crippen LogP contribution is -2.31. The maximum atomic E-state index is 15.2. The second kappa shape index (κ2) is 20.3. The topological polar surface area (TPSA) is 94.5 Å². The summed E-state index contributed by atoms with van der Waals surface area (Å²) in [4.78, 5) is 0. The number of phenols is 2. The van der Waals surface area contributed by atoms with E-state index in [1.807, 2.05) is 86.6 Å². The summed E-state index contributed by atoms with van der Waals surface area (Å²) in [7, 11) is -3.40. The van der Waals surface area contributed by atoms with E-state index in [2.05, 4.69) is 118 Å². The number of phenolic OH excluding ortho intramolecular Hbond substituents is 2. The summed E-state index contributed by atoms with van der Waals surface area (Å²) in [6.07, 6.45) is 0.667. The summed E-state index contributed by atoms with van der Waals surface area (Å²) in [5.74, 6) is 4.76. The van der Waals surface area contributed by atoms with Crippen LogP contribution < -0.4 is 34.9 Å². The molecule has 0 spiro atoms. The van der Waals surface area contributed by atoms with Gasteiger partial charge in [-0.1, -0.05) is 84.9 Å². The summed E-state index contributed by atoms with van der Waals surface area (Å²) in [5, 5.41) is 22.7. The molecule has 0 bridgehead atoms. The molecule has 364 valence electrons. The second-order valence-corrected chi connectivity index (χ2v) is 22.4. The van der Waals surface area contributed by atoms with Crippen LogP contribution in [0.1, 0.15) is 80.6 Å². The third-order valence-corrected chi connectivity index (χ3v) is 16.7. The van der Waals surface area contributed by atoms with Crippen LogP contribution in [0.3, 0.4) is 0 Å². The Kier molecular flexibility index (Phi) is 14.3. The van der Waals surface area contributed by atoms with E-state index in [1.165, 1.54) is 5.56 Å². The summed E-state index contributed by atoms with van der Waals surface area (Å²) >= 11 is 0. The molecule has 7 nitrogen and oxygen atoms in total. The van der Waals surface area contributed by atoms with Crippen molar-refractivity contribution in [1.82, 2.24) is 0 Å². The van der Waals surface area contributed by atoms with Gasteiger partial charge in [0.2, 0.25) is 0 Å². The lowest BCUT2D eigenvalue weighted by Gasteiger charge is -2.29. The van der Waals surface area contributed by atoms with Crippen LogP contribution >= 0.6 is 7.14 Å². The first-order chi connectivity index (χ1) is 33.7. The predicted octanol–water partition coefficient (Wildman–Crippen LogP) is 15.1. The van der Waals surface area contributed by atoms with Crippen molar-refractivity contribution in [3.63, 3.8) is 0 Å². The highest BCUT2D eigenvalue weighted by atomic mass is 31.2. The smallest absolute Gasteiger partial charge is 0.174 e. The number of aryl methyl sites for hydroxylation is 6. The molecule has 0 aromatic heterocycles. The van der Waals surface area contributed by atoms with E-state index >= 15 is 4.57 Å². The largest absolute Gasteiger partial charge is 0.508 e.